The molecule has 2 amide bonds. The molecule has 0 aliphatic heterocycles. The molecular weight excluding hydrogens is 605 g/mol. The van der Waals surface area contributed by atoms with Crippen molar-refractivity contribution in [3.8, 4) is 0 Å². The Labute approximate surface area is 263 Å². The average Bonchev–Trinajstić information content (AvgIpc) is 3.03. The summed E-state index contributed by atoms with van der Waals surface area (Å²) in [6.07, 6.45) is 0.950. The van der Waals surface area contributed by atoms with E-state index in [2.05, 4.69) is 5.32 Å². The summed E-state index contributed by atoms with van der Waals surface area (Å²) in [6, 6.07) is 30.0. The number of amides is 2. The third-order valence-corrected chi connectivity index (χ3v) is 9.13. The number of carbonyl (C=O) groups is 2. The Morgan fingerprint density at radius 2 is 1.40 bits per heavy atom. The number of rotatable bonds is 13. The minimum Gasteiger partial charge on any atom is -0.354 e. The number of nitrogens with one attached hydrogen (secondary N) is 1. The summed E-state index contributed by atoms with van der Waals surface area (Å²) in [7, 11) is -4.27. The summed E-state index contributed by atoms with van der Waals surface area (Å²) >= 11 is 12.8. The lowest BCUT2D eigenvalue weighted by Gasteiger charge is -2.34. The van der Waals surface area contributed by atoms with Crippen LogP contribution in [0.25, 0.3) is 0 Å². The molecule has 0 aromatic heterocycles. The van der Waals surface area contributed by atoms with Gasteiger partial charge in [-0.25, -0.2) is 8.42 Å². The molecule has 224 valence electrons. The molecule has 4 aromatic rings. The van der Waals surface area contributed by atoms with E-state index >= 15 is 0 Å². The highest BCUT2D eigenvalue weighted by Gasteiger charge is 2.35. The molecule has 0 saturated carbocycles. The molecule has 7 nitrogen and oxygen atoms in total. The van der Waals surface area contributed by atoms with E-state index in [0.29, 0.717) is 13.0 Å². The third kappa shape index (κ3) is 8.38. The summed E-state index contributed by atoms with van der Waals surface area (Å²) in [6.45, 7) is 1.85. The van der Waals surface area contributed by atoms with E-state index in [9.17, 15) is 18.0 Å². The number of hydrogen-bond donors (Lipinski definition) is 1. The lowest BCUT2D eigenvalue weighted by Crippen LogP contribution is -2.53. The maximum atomic E-state index is 14.4. The second-order valence-corrected chi connectivity index (χ2v) is 12.6. The van der Waals surface area contributed by atoms with Gasteiger partial charge in [-0.3, -0.25) is 13.9 Å². The second-order valence-electron chi connectivity index (χ2n) is 9.92. The molecule has 0 saturated heterocycles. The van der Waals surface area contributed by atoms with Gasteiger partial charge in [0.15, 0.2) is 0 Å². The largest absolute Gasteiger partial charge is 0.354 e. The van der Waals surface area contributed by atoms with Gasteiger partial charge in [-0.2, -0.15) is 0 Å². The van der Waals surface area contributed by atoms with Crippen molar-refractivity contribution in [2.24, 2.45) is 0 Å². The monoisotopic (exact) mass is 637 g/mol. The highest BCUT2D eigenvalue weighted by Crippen LogP contribution is 2.33. The number of carbonyl (C=O) groups excluding carboxylic acids is 2. The Kier molecular flexibility index (Phi) is 11.2. The molecule has 0 bridgehead atoms. The molecule has 0 radical (unpaired) electrons. The van der Waals surface area contributed by atoms with Crippen LogP contribution in [0.4, 0.5) is 5.69 Å². The summed E-state index contributed by atoms with van der Waals surface area (Å²) in [5, 5.41) is 3.28. The number of nitrogens with zero attached hydrogens (tertiary/aromatic N) is 2. The fourth-order valence-electron chi connectivity index (χ4n) is 4.61. The third-order valence-electron chi connectivity index (χ3n) is 6.80. The van der Waals surface area contributed by atoms with Crippen molar-refractivity contribution in [3.05, 3.63) is 130 Å². The predicted molar refractivity (Wildman–Crippen MR) is 172 cm³/mol. The van der Waals surface area contributed by atoms with Crippen LogP contribution in [0.5, 0.6) is 0 Å². The fraction of sp³-hybridized carbons (Fsp3) is 0.212. The maximum absolute atomic E-state index is 14.4. The predicted octanol–water partition coefficient (Wildman–Crippen LogP) is 6.36. The van der Waals surface area contributed by atoms with Crippen LogP contribution < -0.4 is 9.62 Å². The zero-order chi connectivity index (χ0) is 30.8. The molecule has 0 aliphatic carbocycles. The first-order valence-electron chi connectivity index (χ1n) is 13.9. The molecule has 0 aliphatic rings. The zero-order valence-corrected chi connectivity index (χ0v) is 26.0. The van der Waals surface area contributed by atoms with Crippen molar-refractivity contribution < 1.29 is 18.0 Å². The molecule has 10 heteroatoms. The SMILES string of the molecule is CCCNC(=O)C(Cc1ccccc1)N(Cc1ccccc1)C(=O)CN(c1cc(Cl)ccc1Cl)S(=O)(=O)c1ccccc1. The number of anilines is 1. The van der Waals surface area contributed by atoms with E-state index < -0.39 is 28.5 Å². The fourth-order valence-corrected chi connectivity index (χ4v) is 6.49. The maximum Gasteiger partial charge on any atom is 0.264 e. The Balaban J connectivity index is 1.80. The van der Waals surface area contributed by atoms with Crippen molar-refractivity contribution in [1.82, 2.24) is 10.2 Å². The second kappa shape index (κ2) is 15.0. The molecule has 4 rings (SSSR count). The van der Waals surface area contributed by atoms with E-state index in [4.69, 9.17) is 23.2 Å². The molecule has 1 N–H and O–H groups in total. The number of sulfonamides is 1. The van der Waals surface area contributed by atoms with Gasteiger partial charge in [-0.15, -0.1) is 0 Å². The first-order valence-corrected chi connectivity index (χ1v) is 16.1. The lowest BCUT2D eigenvalue weighted by molar-refractivity contribution is -0.140. The Hall–Kier alpha value is -3.85. The lowest BCUT2D eigenvalue weighted by atomic mass is 10.0. The Morgan fingerprint density at radius 3 is 2.00 bits per heavy atom. The molecule has 0 fully saturated rings. The smallest absolute Gasteiger partial charge is 0.264 e. The van der Waals surface area contributed by atoms with Crippen molar-refractivity contribution in [2.75, 3.05) is 17.4 Å². The summed E-state index contributed by atoms with van der Waals surface area (Å²) in [5.74, 6) is -0.903. The summed E-state index contributed by atoms with van der Waals surface area (Å²) in [5.41, 5.74) is 1.70. The molecule has 1 unspecified atom stereocenters. The van der Waals surface area contributed by atoms with Gasteiger partial charge in [0.2, 0.25) is 11.8 Å². The Bertz CT molecular complexity index is 1620. The van der Waals surface area contributed by atoms with Gasteiger partial charge in [-0.05, 0) is 47.9 Å². The first kappa shape index (κ1) is 32.1. The summed E-state index contributed by atoms with van der Waals surface area (Å²) < 4.78 is 29.0. The van der Waals surface area contributed by atoms with Gasteiger partial charge < -0.3 is 10.2 Å². The van der Waals surface area contributed by atoms with Crippen LogP contribution in [0, 0.1) is 0 Å². The molecule has 0 heterocycles. The average molecular weight is 639 g/mol. The minimum atomic E-state index is -4.27. The topological polar surface area (TPSA) is 86.8 Å². The van der Waals surface area contributed by atoms with Gasteiger partial charge in [-0.1, -0.05) is 109 Å². The van der Waals surface area contributed by atoms with Crippen LogP contribution in [0.3, 0.4) is 0 Å². The number of benzene rings is 4. The minimum absolute atomic E-state index is 0.0185. The van der Waals surface area contributed by atoms with E-state index in [1.54, 1.807) is 18.2 Å². The molecule has 0 spiro atoms. The van der Waals surface area contributed by atoms with E-state index in [1.165, 1.54) is 35.2 Å². The Morgan fingerprint density at radius 1 is 0.814 bits per heavy atom. The highest BCUT2D eigenvalue weighted by molar-refractivity contribution is 7.92. The van der Waals surface area contributed by atoms with Gasteiger partial charge in [0.1, 0.15) is 12.6 Å². The van der Waals surface area contributed by atoms with E-state index in [0.717, 1.165) is 15.4 Å². The van der Waals surface area contributed by atoms with E-state index in [1.807, 2.05) is 67.6 Å². The highest BCUT2D eigenvalue weighted by atomic mass is 35.5. The van der Waals surface area contributed by atoms with Crippen LogP contribution >= 0.6 is 23.2 Å². The van der Waals surface area contributed by atoms with Crippen molar-refractivity contribution in [1.29, 1.82) is 0 Å². The molecular formula is C33H33Cl2N3O4S. The zero-order valence-electron chi connectivity index (χ0n) is 23.7. The van der Waals surface area contributed by atoms with Crippen LogP contribution in [0.1, 0.15) is 24.5 Å². The molecule has 4 aromatic carbocycles. The van der Waals surface area contributed by atoms with Gasteiger partial charge in [0.05, 0.1) is 15.6 Å². The normalized spacial score (nSPS) is 11.9. The number of hydrogen-bond acceptors (Lipinski definition) is 4. The quantitative estimate of drug-likeness (QED) is 0.185. The standard InChI is InChI=1S/C33H33Cl2N3O4S/c1-2-20-36-33(40)31(21-25-12-6-3-7-13-25)37(23-26-14-8-4-9-15-26)32(39)24-38(30-22-27(34)18-19-29(30)35)43(41,42)28-16-10-5-11-17-28/h3-19,22,31H,2,20-21,23-24H2,1H3,(H,36,40). The van der Waals surface area contributed by atoms with Crippen molar-refractivity contribution in [2.45, 2.75) is 37.2 Å². The van der Waals surface area contributed by atoms with Crippen molar-refractivity contribution in [3.63, 3.8) is 0 Å². The molecule has 1 atom stereocenters. The van der Waals surface area contributed by atoms with Crippen LogP contribution in [0.2, 0.25) is 10.0 Å². The van der Waals surface area contributed by atoms with Crippen LogP contribution in [-0.2, 0) is 32.6 Å². The van der Waals surface area contributed by atoms with Gasteiger partial charge in [0, 0.05) is 24.5 Å². The van der Waals surface area contributed by atoms with Crippen LogP contribution in [0.15, 0.2) is 114 Å². The van der Waals surface area contributed by atoms with Crippen molar-refractivity contribution >= 4 is 50.7 Å². The molecule has 43 heavy (non-hydrogen) atoms. The van der Waals surface area contributed by atoms with Gasteiger partial charge in [0.25, 0.3) is 10.0 Å². The summed E-state index contributed by atoms with van der Waals surface area (Å²) in [4.78, 5) is 29.4. The number of halogens is 2. The van der Waals surface area contributed by atoms with Crippen LogP contribution in [-0.4, -0.2) is 44.3 Å². The van der Waals surface area contributed by atoms with E-state index in [-0.39, 0.29) is 39.5 Å². The first-order chi connectivity index (χ1) is 20.7. The van der Waals surface area contributed by atoms with Gasteiger partial charge >= 0.3 is 0 Å².